The normalized spacial score (nSPS) is 13.8. The number of aliphatic hydroxyl groups excluding tert-OH is 1. The Hall–Kier alpha value is -7.31. The molecule has 0 unspecified atom stereocenters. The third-order valence-electron chi connectivity index (χ3n) is 13.4. The lowest BCUT2D eigenvalue weighted by atomic mass is 9.73. The molecule has 1 aromatic heterocycles. The second kappa shape index (κ2) is 34.0. The molecular weight excluding hydrogens is 1150 g/mol. The van der Waals surface area contributed by atoms with Crippen molar-refractivity contribution < 1.29 is 48.5 Å². The first-order valence-corrected chi connectivity index (χ1v) is 28.3. The average molecular weight is 1220 g/mol. The Morgan fingerprint density at radius 3 is 1.75 bits per heavy atom. The van der Waals surface area contributed by atoms with Gasteiger partial charge in [-0.2, -0.15) is 10.2 Å². The van der Waals surface area contributed by atoms with Crippen molar-refractivity contribution in [3.63, 3.8) is 0 Å². The lowest BCUT2D eigenvalue weighted by molar-refractivity contribution is -0.105. The second-order valence-electron chi connectivity index (χ2n) is 19.5. The fraction of sp³-hybridized carbons (Fsp3) is 0.250. The number of hydrogen-bond donors (Lipinski definition) is 8. The first-order chi connectivity index (χ1) is 41.0. The van der Waals surface area contributed by atoms with Gasteiger partial charge in [0.15, 0.2) is 0 Å². The molecule has 1 fully saturated rings. The van der Waals surface area contributed by atoms with Crippen molar-refractivity contribution >= 4 is 119 Å². The molecule has 8 N–H and O–H groups in total. The smallest absolute Gasteiger partial charge is 0.423 e. The number of aliphatic hydroxyl groups is 1. The van der Waals surface area contributed by atoms with Gasteiger partial charge in [0.05, 0.1) is 32.5 Å². The van der Waals surface area contributed by atoms with E-state index < -0.39 is 21.4 Å². The lowest BCUT2D eigenvalue weighted by Crippen LogP contribution is -2.44. The van der Waals surface area contributed by atoms with Crippen LogP contribution in [0.2, 0.25) is 15.1 Å². The first kappa shape index (κ1) is 66.8. The number of likely N-dealkylation sites (N-methyl/N-ethyl adjacent to an activating group) is 1. The number of amides is 3. The number of carbonyl (C=O) groups is 3. The van der Waals surface area contributed by atoms with E-state index in [9.17, 15) is 29.5 Å². The van der Waals surface area contributed by atoms with Crippen LogP contribution in [0.5, 0.6) is 0 Å². The number of halogens is 3. The van der Waals surface area contributed by atoms with Gasteiger partial charge >= 0.3 is 21.4 Å². The highest BCUT2D eigenvalue weighted by Gasteiger charge is 2.27. The van der Waals surface area contributed by atoms with Gasteiger partial charge in [-0.1, -0.05) is 83.8 Å². The van der Waals surface area contributed by atoms with E-state index >= 15 is 0 Å². The number of aromatic nitrogens is 2. The summed E-state index contributed by atoms with van der Waals surface area (Å²) < 4.78 is 17.2. The number of nitrogens with one attached hydrogen (secondary N) is 4. The zero-order valence-electron chi connectivity index (χ0n) is 48.0. The number of piperazine rings is 1. The van der Waals surface area contributed by atoms with Gasteiger partial charge in [-0.25, -0.2) is 4.68 Å². The van der Waals surface area contributed by atoms with Gasteiger partial charge in [-0.05, 0) is 171 Å². The van der Waals surface area contributed by atoms with Crippen LogP contribution < -0.4 is 42.7 Å². The van der Waals surface area contributed by atoms with Gasteiger partial charge in [0.2, 0.25) is 6.41 Å². The van der Waals surface area contributed by atoms with E-state index in [4.69, 9.17) is 53.9 Å². The molecule has 19 nitrogen and oxygen atoms in total. The van der Waals surface area contributed by atoms with Gasteiger partial charge in [0, 0.05) is 93.3 Å². The summed E-state index contributed by atoms with van der Waals surface area (Å²) in [5.41, 5.74) is 15.3. The fourth-order valence-corrected chi connectivity index (χ4v) is 9.57. The summed E-state index contributed by atoms with van der Waals surface area (Å²) in [6.45, 7) is 14.7. The molecule has 3 amide bonds. The van der Waals surface area contributed by atoms with Gasteiger partial charge in [0.25, 0.3) is 11.8 Å². The highest BCUT2D eigenvalue weighted by molar-refractivity contribution is 6.61. The van der Waals surface area contributed by atoms with Crippen LogP contribution in [0.25, 0.3) is 5.69 Å². The summed E-state index contributed by atoms with van der Waals surface area (Å²) in [5.74, 6) is -0.562. The molecule has 0 saturated carbocycles. The van der Waals surface area contributed by atoms with E-state index in [0.717, 1.165) is 108 Å². The Morgan fingerprint density at radius 2 is 1.19 bits per heavy atom. The standard InChI is InChI=1S/C20H23BClN3O3.C12H14ClN3O.C10H9ClN2.C9H10BNO3.C8H9BO2.CH4O/c1-24-7-9-25(10-8-24)16-4-5-17(19(22)13-16)20(26)23-15-3-2-14-6-11-28-21(27)18(14)12-15;1-4-14-12(17)10-6-5-9(7-11(10)13)16-15-8(2)3;1-8-3-4-9(7-10(8)11)13-6-2-5-12-13;12-6-11-8-2-1-7-3-4-14-10(13)9(7)5-8;10-9-8-4-2-1-3-7(8)5-6-11-9;1-2/h2-5,12-13,27H,6-11H2,1H3,(H,23,26);4-7,16H,1H2,2-3H3,(H,14,17);2-7H,1H3;1-2,5-6,13H,3-4H2,(H,11,12);1-4,10H,5-6H2;2H,1H3. The SMILES string of the molecule is C=CNC(=O)c1ccc(NN=C(C)C)cc1Cl.CN1CCN(c2ccc(C(=O)Nc3ccc4c(c3)B(O)OCC4)c(Cl)c2)CC1.CO.Cc1ccc(-n2cccn2)cc1Cl.O=CNc1ccc2c(c1)B(O)OCC2.OB1OCCc2ccccc21. The molecule has 0 spiro atoms. The summed E-state index contributed by atoms with van der Waals surface area (Å²) in [7, 11) is 0.586. The number of rotatable bonds is 10. The number of aryl methyl sites for hydroxylation is 1. The van der Waals surface area contributed by atoms with Crippen LogP contribution in [0.3, 0.4) is 0 Å². The highest BCUT2D eigenvalue weighted by Crippen LogP contribution is 2.27. The van der Waals surface area contributed by atoms with Gasteiger partial charge in [-0.3, -0.25) is 19.8 Å². The summed E-state index contributed by atoms with van der Waals surface area (Å²) in [6.07, 6.45) is 8.02. The topological polar surface area (TPSA) is 245 Å². The molecule has 6 aromatic carbocycles. The molecule has 85 heavy (non-hydrogen) atoms. The van der Waals surface area contributed by atoms with Crippen molar-refractivity contribution in [2.24, 2.45) is 5.10 Å². The average Bonchev–Trinajstić information content (AvgIpc) is 4.25. The van der Waals surface area contributed by atoms with Crippen LogP contribution in [0.4, 0.5) is 22.7 Å². The molecular formula is C60H69B3Cl3N9O10. The minimum Gasteiger partial charge on any atom is -0.423 e. The third-order valence-corrected chi connectivity index (χ3v) is 14.4. The van der Waals surface area contributed by atoms with Crippen LogP contribution in [-0.4, -0.2) is 140 Å². The van der Waals surface area contributed by atoms with E-state index in [1.165, 1.54) is 11.8 Å². The Kier molecular flexibility index (Phi) is 26.7. The van der Waals surface area contributed by atoms with Crippen molar-refractivity contribution in [3.8, 4) is 5.69 Å². The number of anilines is 4. The number of hydrazone groups is 1. The van der Waals surface area contributed by atoms with E-state index in [1.54, 1.807) is 47.3 Å². The van der Waals surface area contributed by atoms with Crippen LogP contribution in [0.15, 0.2) is 152 Å². The molecule has 0 atom stereocenters. The van der Waals surface area contributed by atoms with Crippen LogP contribution in [0, 0.1) is 6.92 Å². The number of benzene rings is 6. The van der Waals surface area contributed by atoms with Gasteiger partial charge in [0.1, 0.15) is 0 Å². The van der Waals surface area contributed by atoms with Crippen molar-refractivity contribution in [3.05, 3.63) is 195 Å². The molecule has 25 heteroatoms. The predicted octanol–water partition coefficient (Wildman–Crippen LogP) is 6.53. The van der Waals surface area contributed by atoms with Crippen LogP contribution in [-0.2, 0) is 38.0 Å². The van der Waals surface area contributed by atoms with Crippen LogP contribution in [0.1, 0.15) is 56.8 Å². The molecule has 7 aromatic rings. The number of carbonyl (C=O) groups excluding carboxylic acids is 3. The van der Waals surface area contributed by atoms with E-state index in [1.807, 2.05) is 112 Å². The van der Waals surface area contributed by atoms with Gasteiger partial charge < -0.3 is 59.9 Å². The molecule has 11 rings (SSSR count). The molecule has 0 bridgehead atoms. The first-order valence-electron chi connectivity index (χ1n) is 27.2. The fourth-order valence-electron chi connectivity index (χ4n) is 8.86. The molecule has 0 radical (unpaired) electrons. The summed E-state index contributed by atoms with van der Waals surface area (Å²) >= 11 is 18.4. The van der Waals surface area contributed by atoms with Crippen molar-refractivity contribution in [2.45, 2.75) is 40.0 Å². The lowest BCUT2D eigenvalue weighted by Gasteiger charge is -2.34. The quantitative estimate of drug-likeness (QED) is 0.0314. The molecule has 1 saturated heterocycles. The van der Waals surface area contributed by atoms with Crippen molar-refractivity contribution in [1.82, 2.24) is 20.0 Å². The maximum Gasteiger partial charge on any atom is 0.491 e. The largest absolute Gasteiger partial charge is 0.491 e. The van der Waals surface area contributed by atoms with E-state index in [2.05, 4.69) is 55.0 Å². The van der Waals surface area contributed by atoms with Crippen molar-refractivity contribution in [2.75, 3.05) is 81.1 Å². The minimum atomic E-state index is -0.952. The Labute approximate surface area is 512 Å². The maximum atomic E-state index is 12.7. The maximum absolute atomic E-state index is 12.7. The number of nitrogens with zero attached hydrogens (tertiary/aromatic N) is 5. The molecule has 4 aliphatic heterocycles. The van der Waals surface area contributed by atoms with Crippen LogP contribution >= 0.6 is 34.8 Å². The second-order valence-corrected chi connectivity index (χ2v) is 20.8. The molecule has 4 aliphatic rings. The van der Waals surface area contributed by atoms with Gasteiger partial charge in [-0.15, -0.1) is 0 Å². The Balaban J connectivity index is 0.000000177. The Bertz CT molecular complexity index is 3370. The van der Waals surface area contributed by atoms with E-state index in [-0.39, 0.29) is 11.8 Å². The monoisotopic (exact) mass is 1210 g/mol. The zero-order valence-corrected chi connectivity index (χ0v) is 50.2. The third kappa shape index (κ3) is 19.9. The summed E-state index contributed by atoms with van der Waals surface area (Å²) in [5, 5.41) is 53.4. The minimum absolute atomic E-state index is 0.277. The van der Waals surface area contributed by atoms with E-state index in [0.29, 0.717) is 64.2 Å². The molecule has 0 aliphatic carbocycles. The number of hydrogen-bond acceptors (Lipinski definition) is 15. The molecule has 444 valence electrons. The highest BCUT2D eigenvalue weighted by atomic mass is 35.5. The summed E-state index contributed by atoms with van der Waals surface area (Å²) in [6, 6.07) is 37.1. The summed E-state index contributed by atoms with van der Waals surface area (Å²) in [4.78, 5) is 39.0. The molecule has 5 heterocycles. The zero-order chi connectivity index (χ0) is 61.4. The number of fused-ring (bicyclic) bond motifs is 3. The van der Waals surface area contributed by atoms with Crippen molar-refractivity contribution in [1.29, 1.82) is 0 Å². The predicted molar refractivity (Wildman–Crippen MR) is 343 cm³/mol. The Morgan fingerprint density at radius 1 is 0.647 bits per heavy atom.